The molecule has 2 aromatic heterocycles. The molecule has 7 heteroatoms. The molecule has 0 atom stereocenters. The van der Waals surface area contributed by atoms with E-state index in [9.17, 15) is 9.18 Å². The molecule has 0 unspecified atom stereocenters. The smallest absolute Gasteiger partial charge is 0.254 e. The third-order valence-electron chi connectivity index (χ3n) is 2.78. The van der Waals surface area contributed by atoms with E-state index in [-0.39, 0.29) is 22.6 Å². The maximum Gasteiger partial charge on any atom is 0.254 e. The van der Waals surface area contributed by atoms with Crippen LogP contribution >= 0.6 is 0 Å². The number of nitrogen functional groups attached to an aromatic ring is 1. The number of primary amides is 1. The summed E-state index contributed by atoms with van der Waals surface area (Å²) in [7, 11) is 1.64. The maximum atomic E-state index is 13.8. The summed E-state index contributed by atoms with van der Waals surface area (Å²) in [6.07, 6.45) is 1.33. The van der Waals surface area contributed by atoms with Crippen LogP contribution in [0.5, 0.6) is 0 Å². The number of carbonyl (C=O) groups excluding carboxylic acids is 1. The molecule has 0 fully saturated rings. The van der Waals surface area contributed by atoms with Gasteiger partial charge in [-0.3, -0.25) is 4.79 Å². The lowest BCUT2D eigenvalue weighted by atomic mass is 10.1. The maximum absolute atomic E-state index is 13.8. The van der Waals surface area contributed by atoms with Crippen LogP contribution < -0.4 is 11.5 Å². The fourth-order valence-electron chi connectivity index (χ4n) is 1.73. The van der Waals surface area contributed by atoms with Gasteiger partial charge < -0.3 is 16.0 Å². The van der Waals surface area contributed by atoms with Gasteiger partial charge in [0.15, 0.2) is 5.65 Å². The number of rotatable bonds is 2. The summed E-state index contributed by atoms with van der Waals surface area (Å²) >= 11 is 0. The van der Waals surface area contributed by atoms with Crippen LogP contribution in [0.1, 0.15) is 29.9 Å². The normalized spacial score (nSPS) is 12.0. The number of nitrogens with two attached hydrogens (primary N) is 2. The van der Waals surface area contributed by atoms with Crippen molar-refractivity contribution in [3.05, 3.63) is 17.5 Å². The molecular formula is C11H14FN5O. The topological polar surface area (TPSA) is 99.8 Å². The van der Waals surface area contributed by atoms with Gasteiger partial charge in [0, 0.05) is 7.05 Å². The zero-order valence-corrected chi connectivity index (χ0v) is 10.4. The van der Waals surface area contributed by atoms with E-state index >= 15 is 0 Å². The molecule has 0 aliphatic carbocycles. The number of nitrogens with zero attached hydrogens (tertiary/aromatic N) is 3. The number of aryl methyl sites for hydroxylation is 1. The molecule has 0 aliphatic rings. The Morgan fingerprint density at radius 2 is 2.11 bits per heavy atom. The number of carbonyl (C=O) groups is 1. The second-order valence-corrected chi connectivity index (χ2v) is 4.58. The summed E-state index contributed by atoms with van der Waals surface area (Å²) in [6.45, 7) is 2.72. The van der Waals surface area contributed by atoms with E-state index in [0.29, 0.717) is 5.65 Å². The monoisotopic (exact) mass is 251 g/mol. The fraction of sp³-hybridized carbons (Fsp3) is 0.364. The van der Waals surface area contributed by atoms with Crippen molar-refractivity contribution in [2.75, 3.05) is 5.73 Å². The summed E-state index contributed by atoms with van der Waals surface area (Å²) in [5.74, 6) is -0.535. The van der Waals surface area contributed by atoms with Crippen LogP contribution in [0.2, 0.25) is 0 Å². The number of hydrogen-bond donors (Lipinski definition) is 2. The van der Waals surface area contributed by atoms with E-state index in [1.807, 2.05) is 0 Å². The highest BCUT2D eigenvalue weighted by molar-refractivity contribution is 6.08. The van der Waals surface area contributed by atoms with E-state index in [1.165, 1.54) is 24.6 Å². The van der Waals surface area contributed by atoms with Crippen molar-refractivity contribution in [3.8, 4) is 0 Å². The van der Waals surface area contributed by atoms with E-state index < -0.39 is 11.6 Å². The first-order chi connectivity index (χ1) is 8.23. The molecule has 0 saturated carbocycles. The van der Waals surface area contributed by atoms with Crippen molar-refractivity contribution in [3.63, 3.8) is 0 Å². The summed E-state index contributed by atoms with van der Waals surface area (Å²) < 4.78 is 15.3. The van der Waals surface area contributed by atoms with Crippen molar-refractivity contribution < 1.29 is 9.18 Å². The predicted molar refractivity (Wildman–Crippen MR) is 65.6 cm³/mol. The summed E-state index contributed by atoms with van der Waals surface area (Å²) in [4.78, 5) is 19.6. The third-order valence-corrected chi connectivity index (χ3v) is 2.78. The highest BCUT2D eigenvalue weighted by Crippen LogP contribution is 2.28. The molecule has 2 aromatic rings. The molecule has 2 heterocycles. The Balaban J connectivity index is 2.84. The molecule has 2 rings (SSSR count). The number of hydrogen-bond acceptors (Lipinski definition) is 4. The van der Waals surface area contributed by atoms with Crippen LogP contribution in [-0.2, 0) is 12.7 Å². The van der Waals surface area contributed by atoms with Gasteiger partial charge in [-0.05, 0) is 13.8 Å². The van der Waals surface area contributed by atoms with Crippen molar-refractivity contribution in [1.29, 1.82) is 0 Å². The van der Waals surface area contributed by atoms with Crippen LogP contribution in [0.15, 0.2) is 6.20 Å². The summed E-state index contributed by atoms with van der Waals surface area (Å²) in [5, 5.41) is 0. The lowest BCUT2D eigenvalue weighted by Gasteiger charge is -2.12. The Bertz CT molecular complexity index is 641. The molecule has 0 saturated heterocycles. The van der Waals surface area contributed by atoms with Crippen molar-refractivity contribution in [2.24, 2.45) is 12.8 Å². The Kier molecular flexibility index (Phi) is 2.50. The molecule has 18 heavy (non-hydrogen) atoms. The van der Waals surface area contributed by atoms with Crippen LogP contribution in [0.25, 0.3) is 11.2 Å². The van der Waals surface area contributed by atoms with Crippen LogP contribution in [-0.4, -0.2) is 20.4 Å². The third kappa shape index (κ3) is 1.68. The number of fused-ring (bicyclic) bond motifs is 1. The van der Waals surface area contributed by atoms with Gasteiger partial charge in [-0.15, -0.1) is 0 Å². The number of aromatic nitrogens is 3. The first-order valence-electron chi connectivity index (χ1n) is 5.33. The standard InChI is InChI=1S/C11H14FN5O/c1-11(2,12)5-4-15-10-7(16-5)6(9(14)18)8(13)17(10)3/h4H,13H2,1-3H3,(H2,14,18). The minimum absolute atomic E-state index is 0.0751. The quantitative estimate of drug-likeness (QED) is 0.826. The highest BCUT2D eigenvalue weighted by Gasteiger charge is 2.25. The van der Waals surface area contributed by atoms with Crippen LogP contribution in [0, 0.1) is 0 Å². The van der Waals surface area contributed by atoms with Crippen LogP contribution in [0.4, 0.5) is 10.2 Å². The largest absolute Gasteiger partial charge is 0.384 e. The molecule has 0 radical (unpaired) electrons. The minimum atomic E-state index is -1.65. The van der Waals surface area contributed by atoms with E-state index in [0.717, 1.165) is 0 Å². The first kappa shape index (κ1) is 12.3. The van der Waals surface area contributed by atoms with Gasteiger partial charge in [-0.25, -0.2) is 14.4 Å². The molecule has 0 spiro atoms. The van der Waals surface area contributed by atoms with Crippen LogP contribution in [0.3, 0.4) is 0 Å². The van der Waals surface area contributed by atoms with Gasteiger partial charge in [0.1, 0.15) is 22.6 Å². The molecule has 0 bridgehead atoms. The highest BCUT2D eigenvalue weighted by atomic mass is 19.1. The average molecular weight is 251 g/mol. The SMILES string of the molecule is Cn1c(N)c(C(N)=O)c2nc(C(C)(C)F)cnc21. The Labute approximate surface area is 103 Å². The molecule has 0 aromatic carbocycles. The molecule has 4 N–H and O–H groups in total. The second kappa shape index (κ2) is 3.66. The van der Waals surface area contributed by atoms with Crippen molar-refractivity contribution >= 4 is 22.9 Å². The zero-order valence-electron chi connectivity index (χ0n) is 10.4. The number of amides is 1. The molecule has 1 amide bonds. The van der Waals surface area contributed by atoms with Gasteiger partial charge in [0.2, 0.25) is 0 Å². The Morgan fingerprint density at radius 1 is 1.50 bits per heavy atom. The lowest BCUT2D eigenvalue weighted by molar-refractivity contribution is 0.100. The molecular weight excluding hydrogens is 237 g/mol. The summed E-state index contributed by atoms with van der Waals surface area (Å²) in [5.41, 5.74) is 10.2. The van der Waals surface area contributed by atoms with Crippen molar-refractivity contribution in [2.45, 2.75) is 19.5 Å². The van der Waals surface area contributed by atoms with Gasteiger partial charge in [-0.2, -0.15) is 0 Å². The Morgan fingerprint density at radius 3 is 2.61 bits per heavy atom. The van der Waals surface area contributed by atoms with Gasteiger partial charge in [0.05, 0.1) is 11.9 Å². The van der Waals surface area contributed by atoms with E-state index in [4.69, 9.17) is 11.5 Å². The number of anilines is 1. The number of alkyl halides is 1. The fourth-order valence-corrected chi connectivity index (χ4v) is 1.73. The van der Waals surface area contributed by atoms with E-state index in [2.05, 4.69) is 9.97 Å². The van der Waals surface area contributed by atoms with Gasteiger partial charge in [-0.1, -0.05) is 0 Å². The Hall–Kier alpha value is -2.18. The summed E-state index contributed by atoms with van der Waals surface area (Å²) in [6, 6.07) is 0. The first-order valence-corrected chi connectivity index (χ1v) is 5.33. The lowest BCUT2D eigenvalue weighted by Crippen LogP contribution is -2.15. The van der Waals surface area contributed by atoms with Gasteiger partial charge >= 0.3 is 0 Å². The number of halogens is 1. The predicted octanol–water partition coefficient (Wildman–Crippen LogP) is 0.854. The van der Waals surface area contributed by atoms with Crippen molar-refractivity contribution in [1.82, 2.24) is 14.5 Å². The average Bonchev–Trinajstić information content (AvgIpc) is 2.50. The second-order valence-electron chi connectivity index (χ2n) is 4.58. The zero-order chi connectivity index (χ0) is 13.7. The van der Waals surface area contributed by atoms with Gasteiger partial charge in [0.25, 0.3) is 5.91 Å². The molecule has 96 valence electrons. The minimum Gasteiger partial charge on any atom is -0.384 e. The molecule has 0 aliphatic heterocycles. The molecule has 6 nitrogen and oxygen atoms in total. The van der Waals surface area contributed by atoms with E-state index in [1.54, 1.807) is 7.05 Å².